The maximum atomic E-state index is 9.41. The zero-order chi connectivity index (χ0) is 13.1. The van der Waals surface area contributed by atoms with Gasteiger partial charge in [-0.2, -0.15) is 5.26 Å². The number of hydrogen-bond donors (Lipinski definition) is 0. The molecule has 0 radical (unpaired) electrons. The molecule has 1 atom stereocenters. The number of nitrogens with zero attached hydrogens (tertiary/aromatic N) is 1. The van der Waals surface area contributed by atoms with Crippen molar-refractivity contribution in [3.05, 3.63) is 0 Å². The highest BCUT2D eigenvalue weighted by Crippen LogP contribution is 2.43. The fourth-order valence-electron chi connectivity index (χ4n) is 1.64. The van der Waals surface area contributed by atoms with Crippen molar-refractivity contribution in [3.63, 3.8) is 0 Å². The molecule has 0 bridgehead atoms. The molecule has 0 aliphatic heterocycles. The molecule has 0 saturated carbocycles. The minimum atomic E-state index is 0.0981. The number of nitriles is 1. The molecule has 1 nitrogen and oxygen atoms in total. The van der Waals surface area contributed by atoms with Crippen molar-refractivity contribution < 1.29 is 0 Å². The molecule has 1 heteroatoms. The lowest BCUT2D eigenvalue weighted by Crippen LogP contribution is -2.34. The summed E-state index contributed by atoms with van der Waals surface area (Å²) in [6.45, 7) is 17.9. The van der Waals surface area contributed by atoms with Crippen LogP contribution in [0.4, 0.5) is 0 Å². The molecule has 0 spiro atoms. The van der Waals surface area contributed by atoms with Crippen LogP contribution in [0.2, 0.25) is 0 Å². The largest absolute Gasteiger partial charge is 0.198 e. The monoisotopic (exact) mass is 223 g/mol. The Labute approximate surface area is 102 Å². The first-order valence-electron chi connectivity index (χ1n) is 6.45. The summed E-state index contributed by atoms with van der Waals surface area (Å²) < 4.78 is 0. The summed E-state index contributed by atoms with van der Waals surface area (Å²) in [7, 11) is 0. The van der Waals surface area contributed by atoms with Crippen LogP contribution in [0.1, 0.15) is 61.8 Å². The first kappa shape index (κ1) is 15.5. The lowest BCUT2D eigenvalue weighted by atomic mass is 9.64. The molecular formula is C15H29N. The first-order valence-corrected chi connectivity index (χ1v) is 6.45. The van der Waals surface area contributed by atoms with Crippen molar-refractivity contribution in [2.45, 2.75) is 61.8 Å². The molecule has 0 fully saturated rings. The van der Waals surface area contributed by atoms with E-state index in [4.69, 9.17) is 0 Å². The van der Waals surface area contributed by atoms with Crippen LogP contribution in [0.15, 0.2) is 0 Å². The number of hydrogen-bond acceptors (Lipinski definition) is 1. The maximum absolute atomic E-state index is 9.41. The van der Waals surface area contributed by atoms with Crippen molar-refractivity contribution in [1.29, 1.82) is 5.26 Å². The van der Waals surface area contributed by atoms with Crippen LogP contribution in [0.5, 0.6) is 0 Å². The second-order valence-corrected chi connectivity index (χ2v) is 7.01. The van der Waals surface area contributed by atoms with Gasteiger partial charge in [0.2, 0.25) is 0 Å². The smallest absolute Gasteiger partial charge is 0.0661 e. The summed E-state index contributed by atoms with van der Waals surface area (Å²) in [6, 6.07) is 2.53. The molecule has 0 amide bonds. The minimum absolute atomic E-state index is 0.0981. The molecule has 0 aliphatic carbocycles. The van der Waals surface area contributed by atoms with Crippen LogP contribution in [-0.2, 0) is 0 Å². The zero-order valence-electron chi connectivity index (χ0n) is 12.4. The van der Waals surface area contributed by atoms with Gasteiger partial charge >= 0.3 is 0 Å². The van der Waals surface area contributed by atoms with E-state index in [1.165, 1.54) is 0 Å². The van der Waals surface area contributed by atoms with Crippen molar-refractivity contribution in [2.24, 2.45) is 28.6 Å². The SMILES string of the molecule is CC(C)C(C)(C)CC(C#N)C(C)(C)C(C)C. The highest BCUT2D eigenvalue weighted by Gasteiger charge is 2.37. The normalized spacial score (nSPS) is 15.3. The minimum Gasteiger partial charge on any atom is -0.198 e. The van der Waals surface area contributed by atoms with E-state index in [-0.39, 0.29) is 16.7 Å². The fourth-order valence-corrected chi connectivity index (χ4v) is 1.64. The van der Waals surface area contributed by atoms with Gasteiger partial charge in [-0.3, -0.25) is 0 Å². The van der Waals surface area contributed by atoms with Crippen LogP contribution < -0.4 is 0 Å². The molecule has 0 saturated heterocycles. The van der Waals surface area contributed by atoms with Gasteiger partial charge in [0.05, 0.1) is 12.0 Å². The lowest BCUT2D eigenvalue weighted by molar-refractivity contribution is 0.105. The third-order valence-corrected chi connectivity index (χ3v) is 4.84. The van der Waals surface area contributed by atoms with E-state index < -0.39 is 0 Å². The Morgan fingerprint density at radius 2 is 1.38 bits per heavy atom. The molecule has 0 aromatic heterocycles. The molecule has 0 aliphatic rings. The maximum Gasteiger partial charge on any atom is 0.0661 e. The summed E-state index contributed by atoms with van der Waals surface area (Å²) >= 11 is 0. The highest BCUT2D eigenvalue weighted by atomic mass is 14.4. The van der Waals surface area contributed by atoms with Crippen molar-refractivity contribution >= 4 is 0 Å². The summed E-state index contributed by atoms with van der Waals surface area (Å²) in [5, 5.41) is 9.41. The molecule has 0 aromatic carbocycles. The predicted octanol–water partition coefficient (Wildman–Crippen LogP) is 4.88. The Balaban J connectivity index is 4.87. The topological polar surface area (TPSA) is 23.8 Å². The van der Waals surface area contributed by atoms with Crippen molar-refractivity contribution in [1.82, 2.24) is 0 Å². The molecule has 1 unspecified atom stereocenters. The van der Waals surface area contributed by atoms with Crippen LogP contribution in [-0.4, -0.2) is 0 Å². The van der Waals surface area contributed by atoms with Crippen molar-refractivity contribution in [3.8, 4) is 6.07 Å². The molecule has 16 heavy (non-hydrogen) atoms. The van der Waals surface area contributed by atoms with Crippen LogP contribution >= 0.6 is 0 Å². The van der Waals surface area contributed by atoms with Crippen molar-refractivity contribution in [2.75, 3.05) is 0 Å². The summed E-state index contributed by atoms with van der Waals surface area (Å²) in [6.07, 6.45) is 0.992. The Morgan fingerprint density at radius 3 is 1.62 bits per heavy atom. The van der Waals surface area contributed by atoms with E-state index in [1.807, 2.05) is 0 Å². The van der Waals surface area contributed by atoms with Gasteiger partial charge in [0.15, 0.2) is 0 Å². The number of rotatable bonds is 5. The van der Waals surface area contributed by atoms with E-state index in [9.17, 15) is 5.26 Å². The Kier molecular flexibility index (Phi) is 5.05. The third-order valence-electron chi connectivity index (χ3n) is 4.84. The average Bonchev–Trinajstić information content (AvgIpc) is 2.13. The van der Waals surface area contributed by atoms with Crippen LogP contribution in [0, 0.1) is 39.9 Å². The summed E-state index contributed by atoms with van der Waals surface area (Å²) in [4.78, 5) is 0. The van der Waals surface area contributed by atoms with Gasteiger partial charge in [-0.05, 0) is 29.1 Å². The van der Waals surface area contributed by atoms with Gasteiger partial charge in [0.1, 0.15) is 0 Å². The Morgan fingerprint density at radius 1 is 0.938 bits per heavy atom. The van der Waals surface area contributed by atoms with Gasteiger partial charge in [-0.1, -0.05) is 55.4 Å². The van der Waals surface area contributed by atoms with E-state index >= 15 is 0 Å². The first-order chi connectivity index (χ1) is 7.05. The summed E-state index contributed by atoms with van der Waals surface area (Å²) in [5.74, 6) is 1.30. The average molecular weight is 223 g/mol. The zero-order valence-corrected chi connectivity index (χ0v) is 12.4. The van der Waals surface area contributed by atoms with Gasteiger partial charge < -0.3 is 0 Å². The molecule has 0 rings (SSSR count). The van der Waals surface area contributed by atoms with E-state index in [0.717, 1.165) is 6.42 Å². The molecule has 94 valence electrons. The Bertz CT molecular complexity index is 253. The van der Waals surface area contributed by atoms with E-state index in [2.05, 4.69) is 61.5 Å². The van der Waals surface area contributed by atoms with Gasteiger partial charge in [0, 0.05) is 0 Å². The van der Waals surface area contributed by atoms with E-state index in [0.29, 0.717) is 11.8 Å². The van der Waals surface area contributed by atoms with E-state index in [1.54, 1.807) is 0 Å². The lowest BCUT2D eigenvalue weighted by Gasteiger charge is -2.40. The predicted molar refractivity (Wildman–Crippen MR) is 71.0 cm³/mol. The van der Waals surface area contributed by atoms with Crippen LogP contribution in [0.3, 0.4) is 0 Å². The standard InChI is InChI=1S/C15H29N/c1-11(2)14(5,6)9-13(10-16)15(7,8)12(3)4/h11-13H,9H2,1-8H3. The second-order valence-electron chi connectivity index (χ2n) is 7.01. The molecular weight excluding hydrogens is 194 g/mol. The van der Waals surface area contributed by atoms with Gasteiger partial charge in [0.25, 0.3) is 0 Å². The second kappa shape index (κ2) is 5.21. The molecule has 0 aromatic rings. The van der Waals surface area contributed by atoms with Crippen LogP contribution in [0.25, 0.3) is 0 Å². The quantitative estimate of drug-likeness (QED) is 0.651. The van der Waals surface area contributed by atoms with Gasteiger partial charge in [-0.25, -0.2) is 0 Å². The third kappa shape index (κ3) is 3.51. The Hall–Kier alpha value is -0.510. The molecule has 0 heterocycles. The molecule has 0 N–H and O–H groups in total. The highest BCUT2D eigenvalue weighted by molar-refractivity contribution is 4.97. The fraction of sp³-hybridized carbons (Fsp3) is 0.933. The van der Waals surface area contributed by atoms with Gasteiger partial charge in [-0.15, -0.1) is 0 Å². The summed E-state index contributed by atoms with van der Waals surface area (Å²) in [5.41, 5.74) is 0.341.